The Hall–Kier alpha value is -0.600. The van der Waals surface area contributed by atoms with E-state index in [2.05, 4.69) is 26.1 Å². The molecule has 1 atom stereocenters. The number of hydrogen-bond donors (Lipinski definition) is 1. The van der Waals surface area contributed by atoms with Crippen molar-refractivity contribution in [2.24, 2.45) is 5.41 Å². The molecule has 0 aliphatic carbocycles. The maximum absolute atomic E-state index is 13.0. The third kappa shape index (κ3) is 4.29. The molecule has 0 heterocycles. The summed E-state index contributed by atoms with van der Waals surface area (Å²) in [6.07, 6.45) is 1.93. The van der Waals surface area contributed by atoms with Gasteiger partial charge in [0.05, 0.1) is 0 Å². The lowest BCUT2D eigenvalue weighted by molar-refractivity contribution is 0.293. The van der Waals surface area contributed by atoms with Crippen LogP contribution in [0.25, 0.3) is 0 Å². The second-order valence-electron chi connectivity index (χ2n) is 4.86. The van der Waals surface area contributed by atoms with Crippen LogP contribution in [0.1, 0.15) is 32.8 Å². The van der Waals surface area contributed by atoms with E-state index in [9.17, 15) is 4.39 Å². The van der Waals surface area contributed by atoms with Gasteiger partial charge in [-0.2, -0.15) is 0 Å². The predicted octanol–water partition coefficient (Wildman–Crippen LogP) is 4.05. The Bertz CT molecular complexity index is 367. The van der Waals surface area contributed by atoms with Crippen molar-refractivity contribution in [3.63, 3.8) is 0 Å². The highest BCUT2D eigenvalue weighted by molar-refractivity contribution is 6.31. The van der Waals surface area contributed by atoms with Crippen LogP contribution in [0.5, 0.6) is 0 Å². The van der Waals surface area contributed by atoms with E-state index in [1.54, 1.807) is 6.07 Å². The smallest absolute Gasteiger partial charge is 0.124 e. The van der Waals surface area contributed by atoms with Gasteiger partial charge in [0.2, 0.25) is 0 Å². The molecule has 0 aliphatic rings. The molecule has 0 radical (unpaired) electrons. The van der Waals surface area contributed by atoms with E-state index in [1.807, 2.05) is 0 Å². The minimum Gasteiger partial charge on any atom is -0.316 e. The molecule has 1 unspecified atom stereocenters. The van der Waals surface area contributed by atoms with Gasteiger partial charge < -0.3 is 5.32 Å². The highest BCUT2D eigenvalue weighted by Crippen LogP contribution is 2.29. The minimum atomic E-state index is -0.274. The first-order valence-electron chi connectivity index (χ1n) is 6.15. The lowest BCUT2D eigenvalue weighted by Gasteiger charge is -2.29. The molecule has 1 aromatic carbocycles. The topological polar surface area (TPSA) is 12.0 Å². The zero-order valence-corrected chi connectivity index (χ0v) is 11.6. The van der Waals surface area contributed by atoms with Gasteiger partial charge in [0.1, 0.15) is 5.82 Å². The van der Waals surface area contributed by atoms with Crippen molar-refractivity contribution in [2.45, 2.75) is 33.6 Å². The molecule has 0 amide bonds. The first kappa shape index (κ1) is 14.5. The van der Waals surface area contributed by atoms with E-state index in [-0.39, 0.29) is 11.2 Å². The maximum atomic E-state index is 13.0. The van der Waals surface area contributed by atoms with Gasteiger partial charge in [-0.3, -0.25) is 0 Å². The maximum Gasteiger partial charge on any atom is 0.124 e. The number of hydrogen-bond acceptors (Lipinski definition) is 1. The molecule has 3 heteroatoms. The Kier molecular flexibility index (Phi) is 5.41. The molecule has 1 aromatic rings. The van der Waals surface area contributed by atoms with Crippen molar-refractivity contribution in [3.05, 3.63) is 34.6 Å². The third-order valence-electron chi connectivity index (χ3n) is 3.29. The van der Waals surface area contributed by atoms with E-state index in [4.69, 9.17) is 11.6 Å². The predicted molar refractivity (Wildman–Crippen MR) is 72.1 cm³/mol. The molecule has 0 aromatic heterocycles. The molecule has 17 heavy (non-hydrogen) atoms. The molecule has 1 N–H and O–H groups in total. The molecule has 0 aliphatic heterocycles. The summed E-state index contributed by atoms with van der Waals surface area (Å²) in [5.41, 5.74) is 1.19. The summed E-state index contributed by atoms with van der Waals surface area (Å²) in [6.45, 7) is 8.42. The van der Waals surface area contributed by atoms with Crippen molar-refractivity contribution >= 4 is 11.6 Å². The Morgan fingerprint density at radius 1 is 1.35 bits per heavy atom. The van der Waals surface area contributed by atoms with E-state index in [1.165, 1.54) is 12.1 Å². The summed E-state index contributed by atoms with van der Waals surface area (Å²) in [6, 6.07) is 4.66. The van der Waals surface area contributed by atoms with Crippen LogP contribution in [0.2, 0.25) is 5.02 Å². The molecule has 0 bridgehead atoms. The SMILES string of the molecule is CCNCC(C)(CC)Cc1ccc(F)cc1Cl. The zero-order chi connectivity index (χ0) is 12.9. The molecule has 96 valence electrons. The van der Waals surface area contributed by atoms with Crippen molar-refractivity contribution in [2.75, 3.05) is 13.1 Å². The summed E-state index contributed by atoms with van der Waals surface area (Å²) < 4.78 is 13.0. The largest absolute Gasteiger partial charge is 0.316 e. The van der Waals surface area contributed by atoms with Gasteiger partial charge in [-0.05, 0) is 42.5 Å². The van der Waals surface area contributed by atoms with Crippen molar-refractivity contribution in [1.82, 2.24) is 5.32 Å². The monoisotopic (exact) mass is 257 g/mol. The third-order valence-corrected chi connectivity index (χ3v) is 3.64. The molecule has 1 rings (SSSR count). The summed E-state index contributed by atoms with van der Waals surface area (Å²) >= 11 is 6.07. The normalized spacial score (nSPS) is 14.6. The lowest BCUT2D eigenvalue weighted by Crippen LogP contribution is -2.33. The summed E-state index contributed by atoms with van der Waals surface area (Å²) in [5.74, 6) is -0.274. The number of benzene rings is 1. The number of rotatable bonds is 6. The second-order valence-corrected chi connectivity index (χ2v) is 5.26. The van der Waals surface area contributed by atoms with Gasteiger partial charge in [0.15, 0.2) is 0 Å². The minimum absolute atomic E-state index is 0.164. The van der Waals surface area contributed by atoms with Gasteiger partial charge in [-0.15, -0.1) is 0 Å². The van der Waals surface area contributed by atoms with Crippen LogP contribution in [0.3, 0.4) is 0 Å². The van der Waals surface area contributed by atoms with E-state index in [0.29, 0.717) is 5.02 Å². The summed E-state index contributed by atoms with van der Waals surface area (Å²) in [5, 5.41) is 3.90. The number of nitrogens with one attached hydrogen (secondary N) is 1. The molecule has 0 saturated carbocycles. The van der Waals surface area contributed by atoms with E-state index >= 15 is 0 Å². The highest BCUT2D eigenvalue weighted by Gasteiger charge is 2.23. The van der Waals surface area contributed by atoms with Gasteiger partial charge >= 0.3 is 0 Å². The van der Waals surface area contributed by atoms with Crippen molar-refractivity contribution < 1.29 is 4.39 Å². The number of halogens is 2. The molecule has 0 fully saturated rings. The molecular formula is C14H21ClFN. The highest BCUT2D eigenvalue weighted by atomic mass is 35.5. The average Bonchev–Trinajstić information content (AvgIpc) is 2.30. The van der Waals surface area contributed by atoms with E-state index in [0.717, 1.165) is 31.5 Å². The quantitative estimate of drug-likeness (QED) is 0.811. The van der Waals surface area contributed by atoms with Gasteiger partial charge in [-0.25, -0.2) is 4.39 Å². The Morgan fingerprint density at radius 3 is 2.59 bits per heavy atom. The second kappa shape index (κ2) is 6.36. The fraction of sp³-hybridized carbons (Fsp3) is 0.571. The molecule has 0 spiro atoms. The molecule has 1 nitrogen and oxygen atoms in total. The van der Waals surface area contributed by atoms with Crippen LogP contribution < -0.4 is 5.32 Å². The first-order chi connectivity index (χ1) is 8.00. The van der Waals surface area contributed by atoms with Crippen LogP contribution in [0, 0.1) is 11.2 Å². The van der Waals surface area contributed by atoms with Crippen LogP contribution in [0.4, 0.5) is 4.39 Å². The molecule has 0 saturated heterocycles. The summed E-state index contributed by atoms with van der Waals surface area (Å²) in [4.78, 5) is 0. The Labute approximate surface area is 108 Å². The van der Waals surface area contributed by atoms with Crippen molar-refractivity contribution in [3.8, 4) is 0 Å². The fourth-order valence-corrected chi connectivity index (χ4v) is 2.10. The Balaban J connectivity index is 2.79. The first-order valence-corrected chi connectivity index (χ1v) is 6.53. The van der Waals surface area contributed by atoms with Gasteiger partial charge in [0.25, 0.3) is 0 Å². The van der Waals surface area contributed by atoms with Crippen LogP contribution >= 0.6 is 11.6 Å². The standard InChI is InChI=1S/C14H21ClFN/c1-4-14(3,10-17-5-2)9-11-6-7-12(16)8-13(11)15/h6-8,17H,4-5,9-10H2,1-3H3. The Morgan fingerprint density at radius 2 is 2.06 bits per heavy atom. The summed E-state index contributed by atoms with van der Waals surface area (Å²) in [7, 11) is 0. The van der Waals surface area contributed by atoms with Crippen LogP contribution in [0.15, 0.2) is 18.2 Å². The van der Waals surface area contributed by atoms with Crippen LogP contribution in [-0.2, 0) is 6.42 Å². The van der Waals surface area contributed by atoms with Crippen molar-refractivity contribution in [1.29, 1.82) is 0 Å². The van der Waals surface area contributed by atoms with Gasteiger partial charge in [0, 0.05) is 11.6 Å². The van der Waals surface area contributed by atoms with E-state index < -0.39 is 0 Å². The van der Waals surface area contributed by atoms with Gasteiger partial charge in [-0.1, -0.05) is 38.4 Å². The lowest BCUT2D eigenvalue weighted by atomic mass is 9.81. The van der Waals surface area contributed by atoms with Crippen LogP contribution in [-0.4, -0.2) is 13.1 Å². The average molecular weight is 258 g/mol. The molecular weight excluding hydrogens is 237 g/mol. The fourth-order valence-electron chi connectivity index (χ4n) is 1.86. The zero-order valence-electron chi connectivity index (χ0n) is 10.8.